The van der Waals surface area contributed by atoms with Gasteiger partial charge in [0.05, 0.1) is 16.8 Å². The summed E-state index contributed by atoms with van der Waals surface area (Å²) in [5.74, 6) is -1.01. The fourth-order valence-electron chi connectivity index (χ4n) is 2.62. The van der Waals surface area contributed by atoms with Gasteiger partial charge in [0.2, 0.25) is 0 Å². The van der Waals surface area contributed by atoms with E-state index in [2.05, 4.69) is 0 Å². The molecule has 26 heavy (non-hydrogen) atoms. The lowest BCUT2D eigenvalue weighted by Gasteiger charge is -2.11. The number of hydrogen-bond donors (Lipinski definition) is 1. The predicted molar refractivity (Wildman–Crippen MR) is 88.9 cm³/mol. The maximum atomic E-state index is 12.9. The van der Waals surface area contributed by atoms with E-state index in [1.54, 1.807) is 6.07 Å². The molecule has 2 aromatic carbocycles. The van der Waals surface area contributed by atoms with Gasteiger partial charge in [0, 0.05) is 5.39 Å². The lowest BCUT2D eigenvalue weighted by Crippen LogP contribution is -2.22. The minimum absolute atomic E-state index is 0.0574. The number of rotatable bonds is 4. The molecule has 0 aliphatic rings. The van der Waals surface area contributed by atoms with Gasteiger partial charge in [-0.15, -0.1) is 0 Å². The second-order valence-corrected chi connectivity index (χ2v) is 7.27. The minimum atomic E-state index is -4.53. The number of amides is 1. The van der Waals surface area contributed by atoms with Gasteiger partial charge in [0.1, 0.15) is 5.69 Å². The van der Waals surface area contributed by atoms with Crippen LogP contribution in [0, 0.1) is 6.42 Å². The van der Waals surface area contributed by atoms with Crippen molar-refractivity contribution in [2.75, 3.05) is 0 Å². The van der Waals surface area contributed by atoms with E-state index >= 15 is 0 Å². The standard InChI is InChI=1S/C17H12F3N2O3S/c18-17(19,20)10-11-6-7-14-12(8-11)9-15(16(21)23)22(14)26(24,25)13-4-2-1-3-5-13/h1-10H,(H2,21,23). The maximum Gasteiger partial charge on any atom is 0.396 e. The van der Waals surface area contributed by atoms with E-state index in [0.29, 0.717) is 0 Å². The van der Waals surface area contributed by atoms with E-state index in [9.17, 15) is 26.4 Å². The summed E-state index contributed by atoms with van der Waals surface area (Å²) >= 11 is 0. The number of benzene rings is 2. The summed E-state index contributed by atoms with van der Waals surface area (Å²) in [5, 5.41) is 0.149. The van der Waals surface area contributed by atoms with E-state index in [1.165, 1.54) is 30.3 Å². The van der Waals surface area contributed by atoms with Crippen LogP contribution in [-0.4, -0.2) is 24.5 Å². The highest BCUT2D eigenvalue weighted by Gasteiger charge is 2.29. The highest BCUT2D eigenvalue weighted by atomic mass is 32.2. The van der Waals surface area contributed by atoms with Gasteiger partial charge in [-0.05, 0) is 35.9 Å². The third kappa shape index (κ3) is 3.30. The fraction of sp³-hybridized carbons (Fsp3) is 0.0588. The van der Waals surface area contributed by atoms with E-state index in [4.69, 9.17) is 5.73 Å². The predicted octanol–water partition coefficient (Wildman–Crippen LogP) is 3.09. The molecule has 1 radical (unpaired) electrons. The first kappa shape index (κ1) is 18.0. The average molecular weight is 381 g/mol. The second-order valence-electron chi connectivity index (χ2n) is 5.48. The Balaban J connectivity index is 2.24. The van der Waals surface area contributed by atoms with Gasteiger partial charge in [0.25, 0.3) is 15.9 Å². The molecule has 0 fully saturated rings. The molecule has 1 aromatic heterocycles. The monoisotopic (exact) mass is 381 g/mol. The van der Waals surface area contributed by atoms with Crippen LogP contribution < -0.4 is 5.73 Å². The largest absolute Gasteiger partial charge is 0.396 e. The van der Waals surface area contributed by atoms with Gasteiger partial charge in [-0.1, -0.05) is 24.3 Å². The molecule has 3 rings (SSSR count). The van der Waals surface area contributed by atoms with Crippen molar-refractivity contribution < 1.29 is 26.4 Å². The fourth-order valence-corrected chi connectivity index (χ4v) is 4.15. The highest BCUT2D eigenvalue weighted by molar-refractivity contribution is 7.90. The summed E-state index contributed by atoms with van der Waals surface area (Å²) in [6, 6.07) is 12.0. The molecule has 2 N–H and O–H groups in total. The molecule has 0 aliphatic heterocycles. The molecule has 1 heterocycles. The third-order valence-corrected chi connectivity index (χ3v) is 5.39. The molecular formula is C17H12F3N2O3S. The summed E-state index contributed by atoms with van der Waals surface area (Å²) in [6.07, 6.45) is -4.45. The minimum Gasteiger partial charge on any atom is -0.364 e. The Morgan fingerprint density at radius 1 is 1.04 bits per heavy atom. The Kier molecular flexibility index (Phi) is 4.27. The normalized spacial score (nSPS) is 12.4. The van der Waals surface area contributed by atoms with Crippen LogP contribution in [0.3, 0.4) is 0 Å². The first-order valence-electron chi connectivity index (χ1n) is 7.28. The zero-order valence-electron chi connectivity index (χ0n) is 13.1. The number of fused-ring (bicyclic) bond motifs is 1. The van der Waals surface area contributed by atoms with Crippen LogP contribution in [-0.2, 0) is 10.0 Å². The summed E-state index contributed by atoms with van der Waals surface area (Å²) in [4.78, 5) is 11.7. The number of carbonyl (C=O) groups is 1. The lowest BCUT2D eigenvalue weighted by molar-refractivity contribution is -0.0927. The molecule has 0 spiro atoms. The van der Waals surface area contributed by atoms with Crippen molar-refractivity contribution in [2.24, 2.45) is 5.73 Å². The number of primary amides is 1. The van der Waals surface area contributed by atoms with Crippen LogP contribution in [0.5, 0.6) is 0 Å². The SMILES string of the molecule is NC(=O)c1cc2cc([CH]C(F)(F)F)ccc2n1S(=O)(=O)c1ccccc1. The van der Waals surface area contributed by atoms with Crippen molar-refractivity contribution in [3.05, 3.63) is 72.3 Å². The maximum absolute atomic E-state index is 12.9. The summed E-state index contributed by atoms with van der Waals surface area (Å²) < 4.78 is 64.2. The van der Waals surface area contributed by atoms with Gasteiger partial charge in [0.15, 0.2) is 0 Å². The lowest BCUT2D eigenvalue weighted by atomic mass is 10.1. The zero-order chi connectivity index (χ0) is 19.1. The molecule has 5 nitrogen and oxygen atoms in total. The molecule has 1 amide bonds. The van der Waals surface area contributed by atoms with Crippen molar-refractivity contribution in [2.45, 2.75) is 11.1 Å². The molecule has 135 valence electrons. The topological polar surface area (TPSA) is 82.2 Å². The zero-order valence-corrected chi connectivity index (χ0v) is 13.9. The van der Waals surface area contributed by atoms with E-state index in [1.807, 2.05) is 0 Å². The summed E-state index contributed by atoms with van der Waals surface area (Å²) in [7, 11) is -4.16. The smallest absolute Gasteiger partial charge is 0.364 e. The first-order valence-corrected chi connectivity index (χ1v) is 8.72. The number of aromatic nitrogens is 1. The van der Waals surface area contributed by atoms with E-state index in [-0.39, 0.29) is 33.5 Å². The molecule has 0 bridgehead atoms. The van der Waals surface area contributed by atoms with Gasteiger partial charge < -0.3 is 5.73 Å². The van der Waals surface area contributed by atoms with Crippen molar-refractivity contribution in [1.82, 2.24) is 3.97 Å². The average Bonchev–Trinajstić information content (AvgIpc) is 2.94. The molecule has 0 atom stereocenters. The van der Waals surface area contributed by atoms with Crippen LogP contribution in [0.25, 0.3) is 10.9 Å². The summed E-state index contributed by atoms with van der Waals surface area (Å²) in [6.45, 7) is 0. The molecular weight excluding hydrogens is 369 g/mol. The van der Waals surface area contributed by atoms with E-state index in [0.717, 1.165) is 22.2 Å². The van der Waals surface area contributed by atoms with Crippen LogP contribution in [0.4, 0.5) is 13.2 Å². The van der Waals surface area contributed by atoms with Crippen LogP contribution in [0.15, 0.2) is 59.5 Å². The van der Waals surface area contributed by atoms with Crippen LogP contribution >= 0.6 is 0 Å². The van der Waals surface area contributed by atoms with Crippen molar-refractivity contribution in [3.63, 3.8) is 0 Å². The van der Waals surface area contributed by atoms with Crippen LogP contribution in [0.2, 0.25) is 0 Å². The number of halogens is 3. The van der Waals surface area contributed by atoms with Crippen molar-refractivity contribution in [3.8, 4) is 0 Å². The van der Waals surface area contributed by atoms with Crippen LogP contribution in [0.1, 0.15) is 16.1 Å². The second kappa shape index (κ2) is 6.17. The number of carbonyl (C=O) groups excluding carboxylic acids is 1. The number of hydrogen-bond acceptors (Lipinski definition) is 3. The number of nitrogens with zero attached hydrogens (tertiary/aromatic N) is 1. The van der Waals surface area contributed by atoms with Gasteiger partial charge in [-0.2, -0.15) is 13.2 Å². The Labute approximate surface area is 146 Å². The van der Waals surface area contributed by atoms with E-state index < -0.39 is 22.1 Å². The first-order chi connectivity index (χ1) is 12.1. The Morgan fingerprint density at radius 3 is 2.27 bits per heavy atom. The Hall–Kier alpha value is -2.81. The number of nitrogens with two attached hydrogens (primary N) is 1. The number of alkyl halides is 3. The quantitative estimate of drug-likeness (QED) is 0.754. The molecule has 3 aromatic rings. The summed E-state index contributed by atoms with van der Waals surface area (Å²) in [5.41, 5.74) is 4.83. The molecule has 0 saturated carbocycles. The van der Waals surface area contributed by atoms with Gasteiger partial charge in [-0.25, -0.2) is 12.4 Å². The molecule has 9 heteroatoms. The van der Waals surface area contributed by atoms with Gasteiger partial charge >= 0.3 is 6.18 Å². The highest BCUT2D eigenvalue weighted by Crippen LogP contribution is 2.29. The van der Waals surface area contributed by atoms with Gasteiger partial charge in [-0.3, -0.25) is 4.79 Å². The Bertz CT molecular complexity index is 1090. The molecule has 0 unspecified atom stereocenters. The van der Waals surface area contributed by atoms with Crippen molar-refractivity contribution in [1.29, 1.82) is 0 Å². The van der Waals surface area contributed by atoms with Crippen molar-refractivity contribution >= 4 is 26.8 Å². The Morgan fingerprint density at radius 2 is 1.69 bits per heavy atom. The molecule has 0 saturated heterocycles. The molecule has 0 aliphatic carbocycles. The third-order valence-electron chi connectivity index (χ3n) is 3.65.